The zero-order chi connectivity index (χ0) is 28.9. The van der Waals surface area contributed by atoms with Crippen molar-refractivity contribution < 1.29 is 24.0 Å². The van der Waals surface area contributed by atoms with Gasteiger partial charge in [-0.25, -0.2) is 15.3 Å². The minimum Gasteiger partial charge on any atom is -0.350 e. The summed E-state index contributed by atoms with van der Waals surface area (Å²) in [6, 6.07) is 8.92. The molecule has 2 heterocycles. The van der Waals surface area contributed by atoms with Crippen LogP contribution in [0.25, 0.3) is 6.08 Å². The Bertz CT molecular complexity index is 962. The van der Waals surface area contributed by atoms with Crippen LogP contribution in [0.15, 0.2) is 36.4 Å². The maximum atomic E-state index is 13.9. The second-order valence-electron chi connectivity index (χ2n) is 11.1. The average molecular weight is 575 g/mol. The molecule has 0 radical (unpaired) electrons. The number of hydrogen-bond donors (Lipinski definition) is 3. The summed E-state index contributed by atoms with van der Waals surface area (Å²) in [5.74, 6) is -0.525. The molecule has 222 valence electrons. The topological polar surface area (TPSA) is 123 Å². The molecule has 4 atom stereocenters. The Morgan fingerprint density at radius 2 is 1.80 bits per heavy atom. The molecule has 1 unspecified atom stereocenters. The number of nitrogens with one attached hydrogen (secondary N) is 2. The average Bonchev–Trinajstić information content (AvgIpc) is 2.96. The highest BCUT2D eigenvalue weighted by molar-refractivity contribution is 7.99. The molecule has 2 saturated heterocycles. The fraction of sp³-hybridized carbons (Fsp3) is 0.633. The first-order valence-electron chi connectivity index (χ1n) is 14.5. The van der Waals surface area contributed by atoms with E-state index in [1.807, 2.05) is 68.1 Å². The van der Waals surface area contributed by atoms with Gasteiger partial charge in [-0.1, -0.05) is 56.3 Å². The molecule has 2 fully saturated rings. The van der Waals surface area contributed by atoms with Gasteiger partial charge in [-0.2, -0.15) is 11.8 Å². The number of benzene rings is 1. The summed E-state index contributed by atoms with van der Waals surface area (Å²) in [5.41, 5.74) is 12.5. The van der Waals surface area contributed by atoms with E-state index in [4.69, 9.17) is 15.3 Å². The van der Waals surface area contributed by atoms with Crippen LogP contribution in [0.2, 0.25) is 0 Å². The number of amides is 3. The normalized spacial score (nSPS) is 20.6. The predicted octanol–water partition coefficient (Wildman–Crippen LogP) is 4.05. The molecule has 0 aliphatic carbocycles. The van der Waals surface area contributed by atoms with Gasteiger partial charge in [0, 0.05) is 13.0 Å². The molecule has 3 rings (SSSR count). The number of carbonyl (C=O) groups is 3. The molecule has 0 spiro atoms. The number of carbonyl (C=O) groups excluding carboxylic acids is 3. The van der Waals surface area contributed by atoms with Crippen LogP contribution in [0.3, 0.4) is 0 Å². The van der Waals surface area contributed by atoms with Crippen LogP contribution in [0, 0.1) is 17.8 Å². The van der Waals surface area contributed by atoms with Gasteiger partial charge < -0.3 is 10.5 Å². The third-order valence-electron chi connectivity index (χ3n) is 7.23. The van der Waals surface area contributed by atoms with E-state index < -0.39 is 24.2 Å². The van der Waals surface area contributed by atoms with Gasteiger partial charge in [-0.3, -0.25) is 19.8 Å². The lowest BCUT2D eigenvalue weighted by molar-refractivity contribution is -0.203. The number of rotatable bonds is 12. The van der Waals surface area contributed by atoms with Gasteiger partial charge in [-0.15, -0.1) is 0 Å². The molecule has 1 aromatic rings. The van der Waals surface area contributed by atoms with Crippen LogP contribution in [-0.2, 0) is 24.0 Å². The Hall–Kier alpha value is -2.40. The maximum absolute atomic E-state index is 13.9. The summed E-state index contributed by atoms with van der Waals surface area (Å²) in [5, 5.41) is 1.43. The van der Waals surface area contributed by atoms with E-state index in [1.165, 1.54) is 5.01 Å². The molecule has 3 amide bonds. The molecule has 40 heavy (non-hydrogen) atoms. The predicted molar refractivity (Wildman–Crippen MR) is 158 cm³/mol. The van der Waals surface area contributed by atoms with Crippen molar-refractivity contribution in [1.82, 2.24) is 15.9 Å². The molecule has 0 aromatic heterocycles. The summed E-state index contributed by atoms with van der Waals surface area (Å²) in [4.78, 5) is 46.2. The highest BCUT2D eigenvalue weighted by Gasteiger charge is 2.37. The quantitative estimate of drug-likeness (QED) is 0.322. The van der Waals surface area contributed by atoms with E-state index in [0.717, 1.165) is 42.8 Å². The van der Waals surface area contributed by atoms with E-state index in [2.05, 4.69) is 10.9 Å². The molecular weight excluding hydrogens is 528 g/mol. The number of thioether (sulfide) groups is 1. The number of nitrogens with two attached hydrogens (primary N) is 1. The second-order valence-corrected chi connectivity index (χ2v) is 12.3. The van der Waals surface area contributed by atoms with E-state index in [1.54, 1.807) is 6.92 Å². The van der Waals surface area contributed by atoms with Gasteiger partial charge in [-0.05, 0) is 68.4 Å². The van der Waals surface area contributed by atoms with Crippen molar-refractivity contribution in [3.05, 3.63) is 42.0 Å². The van der Waals surface area contributed by atoms with Gasteiger partial charge in [0.1, 0.15) is 0 Å². The standard InChI is InChI=1S/C30H46N4O5S/c1-21(2)20-26(28(35)32-34(30(37)22(3)31)24-15-18-40-19-16-24)25(13-9-12-23-10-5-4-6-11-23)29(36)33-39-27-14-7-8-17-38-27/h4-6,9-12,21-22,24-27H,7-8,13-20,31H2,1-3H3,(H,32,35)(H,33,36)/t22-,25+,26-,27?/m1/s1. The minimum absolute atomic E-state index is 0.125. The largest absolute Gasteiger partial charge is 0.350 e. The SMILES string of the molecule is CC(C)C[C@@H](C(=O)NN(C(=O)[C@@H](C)N)C1CCSCC1)[C@H](CC=Cc1ccccc1)C(=O)NOC1CCCCO1. The zero-order valence-electron chi connectivity index (χ0n) is 24.1. The van der Waals surface area contributed by atoms with Crippen LogP contribution in [0.5, 0.6) is 0 Å². The third kappa shape index (κ3) is 10.2. The molecule has 2 aliphatic heterocycles. The van der Waals surface area contributed by atoms with E-state index in [0.29, 0.717) is 25.9 Å². The Labute approximate surface area is 242 Å². The molecule has 10 heteroatoms. The van der Waals surface area contributed by atoms with Crippen molar-refractivity contribution in [1.29, 1.82) is 0 Å². The number of hydroxylamine groups is 1. The molecule has 9 nitrogen and oxygen atoms in total. The first-order chi connectivity index (χ1) is 19.3. The number of ether oxygens (including phenoxy) is 1. The summed E-state index contributed by atoms with van der Waals surface area (Å²) in [7, 11) is 0. The summed E-state index contributed by atoms with van der Waals surface area (Å²) < 4.78 is 5.60. The van der Waals surface area contributed by atoms with E-state index in [-0.39, 0.29) is 29.7 Å². The van der Waals surface area contributed by atoms with Gasteiger partial charge in [0.25, 0.3) is 5.91 Å². The molecule has 0 saturated carbocycles. The molecular formula is C30H46N4O5S. The Morgan fingerprint density at radius 1 is 1.07 bits per heavy atom. The van der Waals surface area contributed by atoms with Crippen LogP contribution < -0.4 is 16.6 Å². The third-order valence-corrected chi connectivity index (χ3v) is 8.28. The van der Waals surface area contributed by atoms with Crippen LogP contribution in [0.1, 0.15) is 71.3 Å². The lowest BCUT2D eigenvalue weighted by atomic mass is 9.82. The zero-order valence-corrected chi connectivity index (χ0v) is 24.9. The first-order valence-corrected chi connectivity index (χ1v) is 15.7. The number of hydrogen-bond acceptors (Lipinski definition) is 7. The summed E-state index contributed by atoms with van der Waals surface area (Å²) >= 11 is 1.84. The smallest absolute Gasteiger partial charge is 0.257 e. The Morgan fingerprint density at radius 3 is 2.42 bits per heavy atom. The molecule has 0 bridgehead atoms. The van der Waals surface area contributed by atoms with Gasteiger partial charge in [0.15, 0.2) is 6.29 Å². The van der Waals surface area contributed by atoms with Crippen LogP contribution in [-0.4, -0.2) is 59.2 Å². The molecule has 2 aliphatic rings. The van der Waals surface area contributed by atoms with Crippen molar-refractivity contribution in [2.24, 2.45) is 23.5 Å². The van der Waals surface area contributed by atoms with Gasteiger partial charge in [0.2, 0.25) is 11.8 Å². The van der Waals surface area contributed by atoms with Gasteiger partial charge in [0.05, 0.1) is 23.9 Å². The number of hydrazine groups is 1. The van der Waals surface area contributed by atoms with Crippen molar-refractivity contribution in [3.63, 3.8) is 0 Å². The lowest BCUT2D eigenvalue weighted by Crippen LogP contribution is -2.59. The molecule has 4 N–H and O–H groups in total. The van der Waals surface area contributed by atoms with Crippen LogP contribution >= 0.6 is 11.8 Å². The fourth-order valence-corrected chi connectivity index (χ4v) is 6.11. The van der Waals surface area contributed by atoms with Crippen molar-refractivity contribution in [3.8, 4) is 0 Å². The lowest BCUT2D eigenvalue weighted by Gasteiger charge is -2.37. The molecule has 1 aromatic carbocycles. The van der Waals surface area contributed by atoms with Crippen molar-refractivity contribution in [2.75, 3.05) is 18.1 Å². The second kappa shape index (κ2) is 16.8. The summed E-state index contributed by atoms with van der Waals surface area (Å²) in [6.45, 7) is 6.25. The number of allylic oxidation sites excluding steroid dienone is 1. The highest BCUT2D eigenvalue weighted by atomic mass is 32.2. The van der Waals surface area contributed by atoms with Crippen LogP contribution in [0.4, 0.5) is 0 Å². The minimum atomic E-state index is -0.754. The Kier molecular flexibility index (Phi) is 13.5. The van der Waals surface area contributed by atoms with Crippen molar-refractivity contribution >= 4 is 35.6 Å². The van der Waals surface area contributed by atoms with Gasteiger partial charge >= 0.3 is 0 Å². The fourth-order valence-electron chi connectivity index (χ4n) is 5.03. The number of nitrogens with zero attached hydrogens (tertiary/aromatic N) is 1. The van der Waals surface area contributed by atoms with Crippen molar-refractivity contribution in [2.45, 2.75) is 84.1 Å². The van der Waals surface area contributed by atoms with E-state index in [9.17, 15) is 14.4 Å². The Balaban J connectivity index is 1.83. The summed E-state index contributed by atoms with van der Waals surface area (Å²) in [6.07, 6.45) is 8.32. The maximum Gasteiger partial charge on any atom is 0.257 e. The monoisotopic (exact) mass is 574 g/mol. The highest BCUT2D eigenvalue weighted by Crippen LogP contribution is 2.27. The first kappa shape index (κ1) is 32.1. The van der Waals surface area contributed by atoms with E-state index >= 15 is 0 Å².